The number of nitrogens with one attached hydrogen (secondary N) is 1. The average Bonchev–Trinajstić information content (AvgIpc) is 2.37. The Labute approximate surface area is 118 Å². The van der Waals surface area contributed by atoms with Crippen molar-refractivity contribution in [2.24, 2.45) is 0 Å². The quantitative estimate of drug-likeness (QED) is 0.513. The number of aryl methyl sites for hydroxylation is 1. The lowest BCUT2D eigenvalue weighted by Crippen LogP contribution is -2.42. The van der Waals surface area contributed by atoms with Gasteiger partial charge in [0.1, 0.15) is 6.04 Å². The Balaban J connectivity index is 3.02. The fourth-order valence-corrected chi connectivity index (χ4v) is 1.58. The molecule has 9 nitrogen and oxygen atoms in total. The van der Waals surface area contributed by atoms with E-state index in [1.807, 2.05) is 5.32 Å². The monoisotopic (exact) mass is 296 g/mol. The summed E-state index contributed by atoms with van der Waals surface area (Å²) in [6.45, 7) is 1.52. The fourth-order valence-electron chi connectivity index (χ4n) is 1.58. The van der Waals surface area contributed by atoms with Crippen LogP contribution in [0.15, 0.2) is 18.2 Å². The van der Waals surface area contributed by atoms with Gasteiger partial charge in [-0.2, -0.15) is 0 Å². The first-order chi connectivity index (χ1) is 9.72. The molecule has 0 heterocycles. The predicted octanol–water partition coefficient (Wildman–Crippen LogP) is 0.561. The first-order valence-electron chi connectivity index (χ1n) is 5.73. The number of nitro benzene ring substituents is 1. The second-order valence-electron chi connectivity index (χ2n) is 4.22. The van der Waals surface area contributed by atoms with E-state index in [0.29, 0.717) is 5.56 Å². The molecular formula is C12H12N2O7. The van der Waals surface area contributed by atoms with Crippen LogP contribution in [0.3, 0.4) is 0 Å². The van der Waals surface area contributed by atoms with Crippen molar-refractivity contribution in [1.29, 1.82) is 0 Å². The zero-order valence-electron chi connectivity index (χ0n) is 10.9. The van der Waals surface area contributed by atoms with Crippen molar-refractivity contribution in [1.82, 2.24) is 5.32 Å². The molecule has 1 atom stereocenters. The van der Waals surface area contributed by atoms with Gasteiger partial charge in [0.25, 0.3) is 11.6 Å². The molecule has 21 heavy (non-hydrogen) atoms. The van der Waals surface area contributed by atoms with Gasteiger partial charge < -0.3 is 15.5 Å². The topological polar surface area (TPSA) is 147 Å². The molecule has 1 unspecified atom stereocenters. The molecule has 0 spiro atoms. The van der Waals surface area contributed by atoms with Gasteiger partial charge in [-0.3, -0.25) is 19.7 Å². The second kappa shape index (κ2) is 6.46. The van der Waals surface area contributed by atoms with Gasteiger partial charge in [0.2, 0.25) is 0 Å². The first-order valence-corrected chi connectivity index (χ1v) is 5.73. The lowest BCUT2D eigenvalue weighted by molar-refractivity contribution is -0.384. The van der Waals surface area contributed by atoms with E-state index in [1.54, 1.807) is 0 Å². The first kappa shape index (κ1) is 16.1. The minimum absolute atomic E-state index is 0.0826. The summed E-state index contributed by atoms with van der Waals surface area (Å²) >= 11 is 0. The van der Waals surface area contributed by atoms with Crippen LogP contribution >= 0.6 is 0 Å². The van der Waals surface area contributed by atoms with Crippen molar-refractivity contribution >= 4 is 23.5 Å². The van der Waals surface area contributed by atoms with Gasteiger partial charge in [-0.05, 0) is 12.5 Å². The van der Waals surface area contributed by atoms with E-state index in [0.717, 1.165) is 6.07 Å². The summed E-state index contributed by atoms with van der Waals surface area (Å²) in [5, 5.41) is 30.1. The van der Waals surface area contributed by atoms with Crippen LogP contribution in [0.2, 0.25) is 0 Å². The maximum Gasteiger partial charge on any atom is 0.326 e. The Morgan fingerprint density at radius 1 is 1.33 bits per heavy atom. The van der Waals surface area contributed by atoms with Crippen LogP contribution in [-0.4, -0.2) is 39.0 Å². The van der Waals surface area contributed by atoms with E-state index in [2.05, 4.69) is 0 Å². The Bertz CT molecular complexity index is 612. The van der Waals surface area contributed by atoms with Gasteiger partial charge >= 0.3 is 11.9 Å². The third-order valence-electron chi connectivity index (χ3n) is 2.66. The van der Waals surface area contributed by atoms with Gasteiger partial charge in [0, 0.05) is 17.7 Å². The number of nitro groups is 1. The highest BCUT2D eigenvalue weighted by Crippen LogP contribution is 2.17. The number of amides is 1. The SMILES string of the molecule is Cc1ccc([N+](=O)[O-])cc1C(=O)NC(CC(=O)O)C(=O)O. The molecule has 0 aromatic heterocycles. The lowest BCUT2D eigenvalue weighted by atomic mass is 10.1. The molecule has 0 saturated carbocycles. The number of non-ortho nitro benzene ring substituents is 1. The van der Waals surface area contributed by atoms with Crippen molar-refractivity contribution in [3.63, 3.8) is 0 Å². The zero-order valence-corrected chi connectivity index (χ0v) is 10.9. The van der Waals surface area contributed by atoms with Crippen LogP contribution in [0.5, 0.6) is 0 Å². The molecule has 3 N–H and O–H groups in total. The molecule has 1 aromatic carbocycles. The normalized spacial score (nSPS) is 11.5. The minimum Gasteiger partial charge on any atom is -0.481 e. The number of benzene rings is 1. The highest BCUT2D eigenvalue weighted by Gasteiger charge is 2.25. The summed E-state index contributed by atoms with van der Waals surface area (Å²) < 4.78 is 0. The maximum atomic E-state index is 11.9. The average molecular weight is 296 g/mol. The maximum absolute atomic E-state index is 11.9. The number of carbonyl (C=O) groups is 3. The Morgan fingerprint density at radius 2 is 1.95 bits per heavy atom. The molecule has 0 fully saturated rings. The van der Waals surface area contributed by atoms with Gasteiger partial charge in [-0.1, -0.05) is 6.07 Å². The highest BCUT2D eigenvalue weighted by molar-refractivity contribution is 5.99. The van der Waals surface area contributed by atoms with Crippen LogP contribution in [0, 0.1) is 17.0 Å². The lowest BCUT2D eigenvalue weighted by Gasteiger charge is -2.13. The second-order valence-corrected chi connectivity index (χ2v) is 4.22. The smallest absolute Gasteiger partial charge is 0.326 e. The summed E-state index contributed by atoms with van der Waals surface area (Å²) in [6, 6.07) is 1.94. The van der Waals surface area contributed by atoms with Gasteiger partial charge in [0.15, 0.2) is 0 Å². The van der Waals surface area contributed by atoms with Crippen molar-refractivity contribution in [2.45, 2.75) is 19.4 Å². The van der Waals surface area contributed by atoms with Crippen LogP contribution in [-0.2, 0) is 9.59 Å². The van der Waals surface area contributed by atoms with E-state index in [1.165, 1.54) is 19.1 Å². The van der Waals surface area contributed by atoms with Crippen LogP contribution in [0.1, 0.15) is 22.3 Å². The molecule has 112 valence electrons. The van der Waals surface area contributed by atoms with Crippen LogP contribution in [0.4, 0.5) is 5.69 Å². The summed E-state index contributed by atoms with van der Waals surface area (Å²) in [7, 11) is 0. The molecule has 0 radical (unpaired) electrons. The molecule has 0 saturated heterocycles. The number of hydrogen-bond acceptors (Lipinski definition) is 5. The standard InChI is InChI=1S/C12H12N2O7/c1-6-2-3-7(14(20)21)4-8(6)11(17)13-9(12(18)19)5-10(15)16/h2-4,9H,5H2,1H3,(H,13,17)(H,15,16)(H,18,19). The van der Waals surface area contributed by atoms with E-state index in [9.17, 15) is 24.5 Å². The van der Waals surface area contributed by atoms with Crippen LogP contribution < -0.4 is 5.32 Å². The van der Waals surface area contributed by atoms with Crippen molar-refractivity contribution in [3.8, 4) is 0 Å². The Hall–Kier alpha value is -2.97. The molecule has 0 aliphatic rings. The number of hydrogen-bond donors (Lipinski definition) is 3. The summed E-state index contributed by atoms with van der Waals surface area (Å²) in [5.41, 5.74) is -0.00531. The number of nitrogens with zero attached hydrogens (tertiary/aromatic N) is 1. The van der Waals surface area contributed by atoms with Crippen molar-refractivity contribution in [3.05, 3.63) is 39.4 Å². The van der Waals surface area contributed by atoms with E-state index in [4.69, 9.17) is 10.2 Å². The molecule has 1 aromatic rings. The summed E-state index contributed by atoms with van der Waals surface area (Å²) in [5.74, 6) is -3.78. The molecule has 0 aliphatic carbocycles. The molecule has 1 amide bonds. The summed E-state index contributed by atoms with van der Waals surface area (Å²) in [6.07, 6.45) is -0.797. The number of carbonyl (C=O) groups excluding carboxylic acids is 1. The molecule has 0 aliphatic heterocycles. The van der Waals surface area contributed by atoms with E-state index < -0.39 is 35.2 Å². The molecule has 9 heteroatoms. The third-order valence-corrected chi connectivity index (χ3v) is 2.66. The van der Waals surface area contributed by atoms with Gasteiger partial charge in [-0.25, -0.2) is 4.79 Å². The number of aliphatic carboxylic acids is 2. The number of carboxylic acids is 2. The Kier molecular flexibility index (Phi) is 4.95. The highest BCUT2D eigenvalue weighted by atomic mass is 16.6. The zero-order chi connectivity index (χ0) is 16.2. The van der Waals surface area contributed by atoms with Crippen molar-refractivity contribution < 1.29 is 29.5 Å². The molecule has 1 rings (SSSR count). The number of rotatable bonds is 6. The van der Waals surface area contributed by atoms with Gasteiger partial charge in [-0.15, -0.1) is 0 Å². The molecular weight excluding hydrogens is 284 g/mol. The van der Waals surface area contributed by atoms with Crippen molar-refractivity contribution in [2.75, 3.05) is 0 Å². The fraction of sp³-hybridized carbons (Fsp3) is 0.250. The van der Waals surface area contributed by atoms with Crippen LogP contribution in [0.25, 0.3) is 0 Å². The third kappa shape index (κ3) is 4.27. The molecule has 0 bridgehead atoms. The minimum atomic E-state index is -1.62. The van der Waals surface area contributed by atoms with Gasteiger partial charge in [0.05, 0.1) is 11.3 Å². The largest absolute Gasteiger partial charge is 0.481 e. The number of carboxylic acid groups (broad SMARTS) is 2. The summed E-state index contributed by atoms with van der Waals surface area (Å²) in [4.78, 5) is 43.3. The Morgan fingerprint density at radius 3 is 2.43 bits per heavy atom. The van der Waals surface area contributed by atoms with E-state index >= 15 is 0 Å². The van der Waals surface area contributed by atoms with E-state index in [-0.39, 0.29) is 11.3 Å². The predicted molar refractivity (Wildman–Crippen MR) is 69.0 cm³/mol.